The summed E-state index contributed by atoms with van der Waals surface area (Å²) in [7, 11) is 0. The Morgan fingerprint density at radius 2 is 2.16 bits per heavy atom. The molecule has 0 amide bonds. The van der Waals surface area contributed by atoms with E-state index in [2.05, 4.69) is 44.2 Å². The molecule has 2 rings (SSSR count). The molecular formula is C14H20ClN3S. The molecule has 0 unspecified atom stereocenters. The van der Waals surface area contributed by atoms with Crippen molar-refractivity contribution in [3.8, 4) is 0 Å². The lowest BCUT2D eigenvalue weighted by Gasteiger charge is -2.19. The van der Waals surface area contributed by atoms with Crippen LogP contribution in [0.4, 0.5) is 0 Å². The summed E-state index contributed by atoms with van der Waals surface area (Å²) in [5, 5.41) is 8.42. The summed E-state index contributed by atoms with van der Waals surface area (Å²) in [6, 6.07) is 2.26. The third kappa shape index (κ3) is 4.34. The zero-order chi connectivity index (χ0) is 14.0. The van der Waals surface area contributed by atoms with Gasteiger partial charge in [0.15, 0.2) is 0 Å². The molecular weight excluding hydrogens is 278 g/mol. The predicted octanol–water partition coefficient (Wildman–Crippen LogP) is 3.84. The normalized spacial score (nSPS) is 12.1. The average Bonchev–Trinajstić information content (AvgIpc) is 2.83. The maximum absolute atomic E-state index is 5.88. The van der Waals surface area contributed by atoms with Crippen LogP contribution in [0.2, 0.25) is 5.02 Å². The van der Waals surface area contributed by atoms with Gasteiger partial charge in [-0.1, -0.05) is 11.6 Å². The first kappa shape index (κ1) is 14.6. The molecule has 0 atom stereocenters. The largest absolute Gasteiger partial charge is 0.307 e. The lowest BCUT2D eigenvalue weighted by molar-refractivity contribution is 0.426. The lowest BCUT2D eigenvalue weighted by Crippen LogP contribution is -2.34. The standard InChI is InChI=1S/C14H20ClN3S/c1-10-11(8-18-9-12(15)6-17-18)5-13(19-10)7-16-14(2,3)4/h5-6,9,16H,7-8H2,1-4H3. The van der Waals surface area contributed by atoms with E-state index in [0.717, 1.165) is 13.1 Å². The molecule has 0 spiro atoms. The van der Waals surface area contributed by atoms with Crippen LogP contribution in [0, 0.1) is 6.92 Å². The number of aromatic nitrogens is 2. The van der Waals surface area contributed by atoms with Crippen LogP contribution >= 0.6 is 22.9 Å². The molecule has 0 fully saturated rings. The number of nitrogens with zero attached hydrogens (tertiary/aromatic N) is 2. The van der Waals surface area contributed by atoms with Gasteiger partial charge in [0.2, 0.25) is 0 Å². The van der Waals surface area contributed by atoms with Gasteiger partial charge in [-0.2, -0.15) is 5.10 Å². The first-order valence-electron chi connectivity index (χ1n) is 6.35. The van der Waals surface area contributed by atoms with E-state index in [1.165, 1.54) is 15.3 Å². The van der Waals surface area contributed by atoms with E-state index in [1.54, 1.807) is 6.20 Å². The van der Waals surface area contributed by atoms with Gasteiger partial charge in [-0.3, -0.25) is 4.68 Å². The molecule has 0 aliphatic carbocycles. The molecule has 0 saturated heterocycles. The third-order valence-corrected chi connectivity index (χ3v) is 4.09. The van der Waals surface area contributed by atoms with Crippen LogP contribution in [0.3, 0.4) is 0 Å². The Morgan fingerprint density at radius 3 is 2.74 bits per heavy atom. The fourth-order valence-corrected chi connectivity index (χ4v) is 2.93. The molecule has 2 aromatic heterocycles. The van der Waals surface area contributed by atoms with Crippen molar-refractivity contribution >= 4 is 22.9 Å². The highest BCUT2D eigenvalue weighted by molar-refractivity contribution is 7.12. The Labute approximate surface area is 123 Å². The Balaban J connectivity index is 2.04. The first-order valence-corrected chi connectivity index (χ1v) is 7.54. The van der Waals surface area contributed by atoms with Gasteiger partial charge in [-0.05, 0) is 39.3 Å². The molecule has 104 valence electrons. The van der Waals surface area contributed by atoms with Gasteiger partial charge in [0.25, 0.3) is 0 Å². The van der Waals surface area contributed by atoms with E-state index in [0.29, 0.717) is 5.02 Å². The monoisotopic (exact) mass is 297 g/mol. The van der Waals surface area contributed by atoms with E-state index in [9.17, 15) is 0 Å². The van der Waals surface area contributed by atoms with Crippen LogP contribution in [0.15, 0.2) is 18.5 Å². The molecule has 0 aliphatic heterocycles. The SMILES string of the molecule is Cc1sc(CNC(C)(C)C)cc1Cn1cc(Cl)cn1. The van der Waals surface area contributed by atoms with E-state index >= 15 is 0 Å². The van der Waals surface area contributed by atoms with Crippen molar-refractivity contribution in [3.63, 3.8) is 0 Å². The second kappa shape index (κ2) is 5.65. The van der Waals surface area contributed by atoms with Gasteiger partial charge in [-0.15, -0.1) is 11.3 Å². The Bertz CT molecular complexity index is 551. The Morgan fingerprint density at radius 1 is 1.42 bits per heavy atom. The predicted molar refractivity (Wildman–Crippen MR) is 82.0 cm³/mol. The summed E-state index contributed by atoms with van der Waals surface area (Å²) in [6.07, 6.45) is 3.52. The van der Waals surface area contributed by atoms with Crippen LogP contribution in [-0.2, 0) is 13.1 Å². The molecule has 0 aliphatic rings. The van der Waals surface area contributed by atoms with Crippen molar-refractivity contribution in [2.75, 3.05) is 0 Å². The van der Waals surface area contributed by atoms with Crippen molar-refractivity contribution in [1.29, 1.82) is 0 Å². The van der Waals surface area contributed by atoms with E-state index in [1.807, 2.05) is 22.2 Å². The summed E-state index contributed by atoms with van der Waals surface area (Å²) >= 11 is 7.73. The zero-order valence-corrected chi connectivity index (χ0v) is 13.4. The highest BCUT2D eigenvalue weighted by atomic mass is 35.5. The quantitative estimate of drug-likeness (QED) is 0.929. The minimum absolute atomic E-state index is 0.146. The number of nitrogens with one attached hydrogen (secondary N) is 1. The topological polar surface area (TPSA) is 29.9 Å². The maximum Gasteiger partial charge on any atom is 0.0785 e. The van der Waals surface area contributed by atoms with Crippen molar-refractivity contribution in [3.05, 3.63) is 38.8 Å². The van der Waals surface area contributed by atoms with Crippen LogP contribution < -0.4 is 5.32 Å². The van der Waals surface area contributed by atoms with E-state index in [-0.39, 0.29) is 5.54 Å². The maximum atomic E-state index is 5.88. The second-order valence-corrected chi connectivity index (χ2v) is 7.53. The Hall–Kier alpha value is -0.840. The molecule has 0 radical (unpaired) electrons. The molecule has 0 saturated carbocycles. The van der Waals surface area contributed by atoms with Crippen LogP contribution in [-0.4, -0.2) is 15.3 Å². The summed E-state index contributed by atoms with van der Waals surface area (Å²) in [6.45, 7) is 10.4. The average molecular weight is 298 g/mol. The van der Waals surface area contributed by atoms with Crippen molar-refractivity contribution in [2.45, 2.75) is 46.3 Å². The Kier molecular flexibility index (Phi) is 4.33. The molecule has 3 nitrogen and oxygen atoms in total. The fourth-order valence-electron chi connectivity index (χ4n) is 1.78. The van der Waals surface area contributed by atoms with Gasteiger partial charge < -0.3 is 5.32 Å². The smallest absolute Gasteiger partial charge is 0.0785 e. The summed E-state index contributed by atoms with van der Waals surface area (Å²) in [4.78, 5) is 2.71. The second-order valence-electron chi connectivity index (χ2n) is 5.75. The van der Waals surface area contributed by atoms with Gasteiger partial charge in [0, 0.05) is 28.0 Å². The number of aryl methyl sites for hydroxylation is 1. The van der Waals surface area contributed by atoms with Crippen molar-refractivity contribution in [2.24, 2.45) is 0 Å². The lowest BCUT2D eigenvalue weighted by atomic mass is 10.1. The first-order chi connectivity index (χ1) is 8.83. The zero-order valence-electron chi connectivity index (χ0n) is 11.8. The number of rotatable bonds is 4. The molecule has 0 bridgehead atoms. The molecule has 2 aromatic rings. The molecule has 5 heteroatoms. The van der Waals surface area contributed by atoms with E-state index < -0.39 is 0 Å². The van der Waals surface area contributed by atoms with Crippen LogP contribution in [0.5, 0.6) is 0 Å². The number of thiophene rings is 1. The summed E-state index contributed by atoms with van der Waals surface area (Å²) < 4.78 is 1.87. The van der Waals surface area contributed by atoms with Crippen molar-refractivity contribution in [1.82, 2.24) is 15.1 Å². The molecule has 0 aromatic carbocycles. The number of hydrogen-bond donors (Lipinski definition) is 1. The minimum Gasteiger partial charge on any atom is -0.307 e. The number of hydrogen-bond acceptors (Lipinski definition) is 3. The fraction of sp³-hybridized carbons (Fsp3) is 0.500. The molecule has 19 heavy (non-hydrogen) atoms. The van der Waals surface area contributed by atoms with Crippen LogP contribution in [0.1, 0.15) is 36.1 Å². The highest BCUT2D eigenvalue weighted by Crippen LogP contribution is 2.23. The van der Waals surface area contributed by atoms with Gasteiger partial charge in [0.1, 0.15) is 0 Å². The van der Waals surface area contributed by atoms with Crippen molar-refractivity contribution < 1.29 is 0 Å². The number of halogens is 1. The highest BCUT2D eigenvalue weighted by Gasteiger charge is 2.11. The van der Waals surface area contributed by atoms with Gasteiger partial charge in [0.05, 0.1) is 17.8 Å². The van der Waals surface area contributed by atoms with Crippen LogP contribution in [0.25, 0.3) is 0 Å². The summed E-state index contributed by atoms with van der Waals surface area (Å²) in [5.41, 5.74) is 1.46. The third-order valence-electron chi connectivity index (χ3n) is 2.80. The van der Waals surface area contributed by atoms with Gasteiger partial charge >= 0.3 is 0 Å². The molecule has 2 heterocycles. The summed E-state index contributed by atoms with van der Waals surface area (Å²) in [5.74, 6) is 0. The molecule has 1 N–H and O–H groups in total. The van der Waals surface area contributed by atoms with Gasteiger partial charge in [-0.25, -0.2) is 0 Å². The van der Waals surface area contributed by atoms with E-state index in [4.69, 9.17) is 11.6 Å². The minimum atomic E-state index is 0.146.